The van der Waals surface area contributed by atoms with Gasteiger partial charge in [-0.2, -0.15) is 10.2 Å². The maximum atomic E-state index is 15.9. The third kappa shape index (κ3) is 8.38. The zero-order valence-corrected chi connectivity index (χ0v) is 37.5. The Balaban J connectivity index is 0.00000260. The summed E-state index contributed by atoms with van der Waals surface area (Å²) in [6.45, 7) is 19.3. The number of benzene rings is 2. The van der Waals surface area contributed by atoms with Crippen LogP contribution in [-0.2, 0) is 20.0 Å². The van der Waals surface area contributed by atoms with E-state index in [4.69, 9.17) is 20.2 Å². The summed E-state index contributed by atoms with van der Waals surface area (Å²) in [5.41, 5.74) is 8.42. The second-order valence-corrected chi connectivity index (χ2v) is 17.3. The lowest BCUT2D eigenvalue weighted by Crippen LogP contribution is -2.41. The minimum Gasteiger partial charge on any atom is -0.355 e. The van der Waals surface area contributed by atoms with Crippen LogP contribution in [0.1, 0.15) is 55.6 Å². The largest absolute Gasteiger partial charge is 0.355 e. The van der Waals surface area contributed by atoms with Crippen molar-refractivity contribution >= 4 is 45.7 Å². The number of likely N-dealkylation sites (N-methyl/N-ethyl adjacent to an activating group) is 1. The molecule has 2 aliphatic heterocycles. The molecule has 8 rings (SSSR count). The number of nitrogens with zero attached hydrogens (tertiary/aromatic N) is 11. The highest BCUT2D eigenvalue weighted by molar-refractivity contribution is 7.96. The van der Waals surface area contributed by atoms with Crippen molar-refractivity contribution in [3.8, 4) is 16.9 Å². The molecular formula is C46H62FN11S. The molecule has 0 aliphatic carbocycles. The first-order chi connectivity index (χ1) is 28.4. The lowest BCUT2D eigenvalue weighted by Gasteiger charge is -2.37. The zero-order chi connectivity index (χ0) is 42.1. The van der Waals surface area contributed by atoms with Crippen molar-refractivity contribution in [1.82, 2.24) is 43.3 Å². The second-order valence-electron chi connectivity index (χ2n) is 16.4. The van der Waals surface area contributed by atoms with Crippen molar-refractivity contribution < 1.29 is 4.39 Å². The molecular weight excluding hydrogens is 758 g/mol. The predicted molar refractivity (Wildman–Crippen MR) is 245 cm³/mol. The number of hydrogen-bond donors (Lipinski definition) is 0. The molecule has 2 atom stereocenters. The summed E-state index contributed by atoms with van der Waals surface area (Å²) < 4.78 is 24.3. The first kappa shape index (κ1) is 42.4. The third-order valence-electron chi connectivity index (χ3n) is 12.0. The molecule has 0 N–H and O–H groups in total. The van der Waals surface area contributed by atoms with Crippen LogP contribution in [0.15, 0.2) is 61.3 Å². The molecule has 11 nitrogen and oxygen atoms in total. The molecule has 2 fully saturated rings. The predicted octanol–water partition coefficient (Wildman–Crippen LogP) is 8.63. The molecule has 59 heavy (non-hydrogen) atoms. The first-order valence-corrected chi connectivity index (χ1v) is 22.3. The van der Waals surface area contributed by atoms with Crippen molar-refractivity contribution in [1.29, 1.82) is 0 Å². The molecule has 2 aliphatic rings. The van der Waals surface area contributed by atoms with Gasteiger partial charge in [-0.25, -0.2) is 23.7 Å². The van der Waals surface area contributed by atoms with E-state index in [1.165, 1.54) is 5.56 Å². The first-order valence-electron chi connectivity index (χ1n) is 21.1. The van der Waals surface area contributed by atoms with Crippen LogP contribution < -0.4 is 9.80 Å². The lowest BCUT2D eigenvalue weighted by atomic mass is 9.93. The minimum absolute atomic E-state index is 0.0634. The molecule has 0 radical (unpaired) electrons. The molecule has 314 valence electrons. The van der Waals surface area contributed by atoms with Crippen LogP contribution in [-0.4, -0.2) is 109 Å². The Labute approximate surface area is 354 Å². The van der Waals surface area contributed by atoms with Gasteiger partial charge < -0.3 is 19.3 Å². The standard InChI is InChI=1S/C44H56FN11S.C2H6/c1-10-33-23-34(51(7)40-14-11-13-38(48-40)35-20-29(3)22-39-42(35)54(30(4)47-39)18-12-17-50(5)6)27-55(33)44-36-24-46-56(43(36)49-52(44)8)41-32(19-28(2)21-37(41)45)16-15-31-25-53(26-31)57-9;1-2/h10-11,13-14,19-22,24,31,33-34H,1,12,15-18,23,25-27H2,2-9H3;1-2H3. The van der Waals surface area contributed by atoms with E-state index in [1.54, 1.807) is 22.7 Å². The summed E-state index contributed by atoms with van der Waals surface area (Å²) in [4.78, 5) is 17.2. The molecule has 0 spiro atoms. The number of pyridine rings is 1. The van der Waals surface area contributed by atoms with Gasteiger partial charge in [0, 0.05) is 51.9 Å². The van der Waals surface area contributed by atoms with Gasteiger partial charge in [0.15, 0.2) is 5.65 Å². The Bertz CT molecular complexity index is 2420. The Hall–Kier alpha value is -4.72. The van der Waals surface area contributed by atoms with Crippen molar-refractivity contribution in [2.45, 2.75) is 78.9 Å². The molecule has 2 aromatic carbocycles. The molecule has 2 saturated heterocycles. The Morgan fingerprint density at radius 2 is 1.76 bits per heavy atom. The van der Waals surface area contributed by atoms with E-state index >= 15 is 4.39 Å². The number of hydrogen-bond acceptors (Lipinski definition) is 9. The number of imidazole rings is 1. The van der Waals surface area contributed by atoms with E-state index in [-0.39, 0.29) is 17.9 Å². The van der Waals surface area contributed by atoms with E-state index < -0.39 is 0 Å². The Morgan fingerprint density at radius 1 is 1.00 bits per heavy atom. The fourth-order valence-electron chi connectivity index (χ4n) is 9.00. The van der Waals surface area contributed by atoms with Crippen LogP contribution in [0.5, 0.6) is 0 Å². The van der Waals surface area contributed by atoms with Gasteiger partial charge in [0.1, 0.15) is 29.0 Å². The number of rotatable bonds is 14. The summed E-state index contributed by atoms with van der Waals surface area (Å²) in [5, 5.41) is 10.7. The highest BCUT2D eigenvalue weighted by Crippen LogP contribution is 2.38. The Morgan fingerprint density at radius 3 is 2.49 bits per heavy atom. The average molecular weight is 820 g/mol. The lowest BCUT2D eigenvalue weighted by molar-refractivity contribution is 0.208. The van der Waals surface area contributed by atoms with Crippen molar-refractivity contribution in [2.75, 3.05) is 63.4 Å². The highest BCUT2D eigenvalue weighted by atomic mass is 32.2. The Kier molecular flexibility index (Phi) is 12.8. The monoisotopic (exact) mass is 819 g/mol. The van der Waals surface area contributed by atoms with Crippen LogP contribution in [0, 0.1) is 32.5 Å². The summed E-state index contributed by atoms with van der Waals surface area (Å²) in [5.74, 6) is 3.26. The summed E-state index contributed by atoms with van der Waals surface area (Å²) in [7, 11) is 8.35. The minimum atomic E-state index is -0.265. The molecule has 4 aromatic heterocycles. The number of anilines is 2. The molecule has 2 unspecified atom stereocenters. The average Bonchev–Trinajstić information content (AvgIpc) is 3.96. The number of fused-ring (bicyclic) bond motifs is 2. The maximum absolute atomic E-state index is 15.9. The van der Waals surface area contributed by atoms with E-state index in [1.807, 2.05) is 44.8 Å². The topological polar surface area (TPSA) is 79.3 Å². The quantitative estimate of drug-likeness (QED) is 0.0793. The SMILES string of the molecule is C=CC1CC(N(C)c2cccc(-c3cc(C)cc4nc(C)n(CCCN(C)C)c34)n2)CN1c1c2cnn(-c3c(F)cc(C)cc3CCC3CN(SC)C3)c2nn1C.CC. The van der Waals surface area contributed by atoms with Crippen LogP contribution in [0.4, 0.5) is 16.0 Å². The van der Waals surface area contributed by atoms with Crippen LogP contribution in [0.3, 0.4) is 0 Å². The smallest absolute Gasteiger partial charge is 0.186 e. The van der Waals surface area contributed by atoms with Crippen molar-refractivity contribution in [3.63, 3.8) is 0 Å². The second kappa shape index (κ2) is 17.9. The van der Waals surface area contributed by atoms with Gasteiger partial charge in [-0.05, 0) is 126 Å². The summed E-state index contributed by atoms with van der Waals surface area (Å²) >= 11 is 1.79. The molecule has 6 heterocycles. The number of aromatic nitrogens is 7. The summed E-state index contributed by atoms with van der Waals surface area (Å²) in [6, 6.07) is 14.7. The van der Waals surface area contributed by atoms with Crippen molar-refractivity contribution in [3.05, 3.63) is 89.6 Å². The molecule has 0 bridgehead atoms. The molecule has 0 amide bonds. The van der Waals surface area contributed by atoms with Gasteiger partial charge in [-0.3, -0.25) is 4.31 Å². The van der Waals surface area contributed by atoms with Gasteiger partial charge in [0.05, 0.1) is 34.4 Å². The molecule has 13 heteroatoms. The van der Waals surface area contributed by atoms with E-state index in [9.17, 15) is 0 Å². The number of aryl methyl sites for hydroxylation is 6. The molecule has 6 aromatic rings. The maximum Gasteiger partial charge on any atom is 0.186 e. The zero-order valence-electron chi connectivity index (χ0n) is 36.7. The van der Waals surface area contributed by atoms with Crippen molar-refractivity contribution in [2.24, 2.45) is 13.0 Å². The van der Waals surface area contributed by atoms with E-state index in [0.717, 1.165) is 115 Å². The number of halogens is 1. The van der Waals surface area contributed by atoms with Crippen LogP contribution in [0.25, 0.3) is 39.0 Å². The fourth-order valence-corrected chi connectivity index (χ4v) is 9.72. The van der Waals surface area contributed by atoms with Crippen LogP contribution >= 0.6 is 11.9 Å². The molecule has 0 saturated carbocycles. The highest BCUT2D eigenvalue weighted by Gasteiger charge is 2.37. The van der Waals surface area contributed by atoms with Crippen LogP contribution in [0.2, 0.25) is 0 Å². The normalized spacial score (nSPS) is 17.3. The van der Waals surface area contributed by atoms with Gasteiger partial charge in [-0.1, -0.05) is 44.0 Å². The van der Waals surface area contributed by atoms with Gasteiger partial charge in [-0.15, -0.1) is 6.58 Å². The van der Waals surface area contributed by atoms with E-state index in [0.29, 0.717) is 17.3 Å². The fraction of sp³-hybridized carbons (Fsp3) is 0.478. The van der Waals surface area contributed by atoms with Gasteiger partial charge >= 0.3 is 0 Å². The van der Waals surface area contributed by atoms with Gasteiger partial charge in [0.25, 0.3) is 0 Å². The van der Waals surface area contributed by atoms with E-state index in [2.05, 4.69) is 108 Å². The summed E-state index contributed by atoms with van der Waals surface area (Å²) in [6.07, 6.45) is 9.72. The van der Waals surface area contributed by atoms with Gasteiger partial charge in [0.2, 0.25) is 0 Å². The third-order valence-corrected chi connectivity index (χ3v) is 12.8.